The number of piperidine rings is 1. The second kappa shape index (κ2) is 7.45. The Labute approximate surface area is 137 Å². The number of hydrogen-bond donors (Lipinski definition) is 3. The van der Waals surface area contributed by atoms with Crippen LogP contribution < -0.4 is 5.32 Å². The van der Waals surface area contributed by atoms with Crippen molar-refractivity contribution in [3.05, 3.63) is 17.7 Å². The molecule has 1 aromatic rings. The molecular formula is C17H28N4O2. The Morgan fingerprint density at radius 2 is 2.09 bits per heavy atom. The van der Waals surface area contributed by atoms with Gasteiger partial charge in [-0.25, -0.2) is 4.98 Å². The Bertz CT molecular complexity index is 522. The molecule has 2 atom stereocenters. The monoisotopic (exact) mass is 320 g/mol. The maximum Gasteiger partial charge on any atom is 0.269 e. The number of H-pyrrole nitrogens is 1. The molecule has 1 saturated carbocycles. The van der Waals surface area contributed by atoms with Crippen LogP contribution >= 0.6 is 0 Å². The zero-order valence-electron chi connectivity index (χ0n) is 13.9. The van der Waals surface area contributed by atoms with Crippen molar-refractivity contribution >= 4 is 5.91 Å². The van der Waals surface area contributed by atoms with Crippen molar-refractivity contribution in [2.24, 2.45) is 0 Å². The Kier molecular flexibility index (Phi) is 5.33. The van der Waals surface area contributed by atoms with Crippen LogP contribution in [0.1, 0.15) is 61.8 Å². The number of imidazole rings is 1. The summed E-state index contributed by atoms with van der Waals surface area (Å²) in [7, 11) is 0. The van der Waals surface area contributed by atoms with Gasteiger partial charge in [-0.2, -0.15) is 0 Å². The van der Waals surface area contributed by atoms with Crippen LogP contribution in [0, 0.1) is 0 Å². The quantitative estimate of drug-likeness (QED) is 0.785. The van der Waals surface area contributed by atoms with Crippen molar-refractivity contribution < 1.29 is 9.90 Å². The minimum Gasteiger partial charge on any atom is -0.391 e. The molecule has 0 aromatic carbocycles. The lowest BCUT2D eigenvalue weighted by atomic mass is 9.89. The number of aliphatic hydroxyl groups excluding tert-OH is 1. The van der Waals surface area contributed by atoms with Crippen molar-refractivity contribution in [2.75, 3.05) is 13.1 Å². The molecule has 128 valence electrons. The smallest absolute Gasteiger partial charge is 0.269 e. The van der Waals surface area contributed by atoms with Gasteiger partial charge < -0.3 is 15.4 Å². The molecule has 2 heterocycles. The molecule has 1 aliphatic carbocycles. The largest absolute Gasteiger partial charge is 0.391 e. The van der Waals surface area contributed by atoms with Crippen LogP contribution in [0.3, 0.4) is 0 Å². The number of amides is 1. The van der Waals surface area contributed by atoms with Gasteiger partial charge in [-0.15, -0.1) is 0 Å². The summed E-state index contributed by atoms with van der Waals surface area (Å²) in [4.78, 5) is 21.9. The highest BCUT2D eigenvalue weighted by atomic mass is 16.3. The molecular weight excluding hydrogens is 292 g/mol. The highest BCUT2D eigenvalue weighted by molar-refractivity contribution is 5.92. The van der Waals surface area contributed by atoms with Crippen LogP contribution in [0.15, 0.2) is 6.20 Å². The molecule has 2 unspecified atom stereocenters. The number of aromatic amines is 1. The first kappa shape index (κ1) is 16.5. The van der Waals surface area contributed by atoms with Gasteiger partial charge in [0, 0.05) is 31.6 Å². The number of aryl methyl sites for hydroxylation is 1. The zero-order valence-corrected chi connectivity index (χ0v) is 13.9. The summed E-state index contributed by atoms with van der Waals surface area (Å²) < 4.78 is 0. The van der Waals surface area contributed by atoms with Gasteiger partial charge in [0.05, 0.1) is 12.3 Å². The van der Waals surface area contributed by atoms with Gasteiger partial charge in [0.1, 0.15) is 11.5 Å². The number of rotatable bonds is 4. The normalized spacial score (nSPS) is 27.0. The van der Waals surface area contributed by atoms with Gasteiger partial charge in [-0.3, -0.25) is 9.69 Å². The number of carbonyl (C=O) groups excluding carboxylic acids is 1. The van der Waals surface area contributed by atoms with Gasteiger partial charge in [0.2, 0.25) is 0 Å². The standard InChI is InChI=1S/C17H28N4O2/c1-2-16-18-11-13(20-16)17(23)19-12-7-9-21(10-8-12)14-5-3-4-6-15(14)22/h11-12,14-15,22H,2-10H2,1H3,(H,18,20)(H,19,23). The molecule has 23 heavy (non-hydrogen) atoms. The maximum absolute atomic E-state index is 12.2. The fraction of sp³-hybridized carbons (Fsp3) is 0.765. The Morgan fingerprint density at radius 1 is 1.35 bits per heavy atom. The average Bonchev–Trinajstić information content (AvgIpc) is 3.05. The first-order chi connectivity index (χ1) is 11.2. The molecule has 2 aliphatic rings. The predicted octanol–water partition coefficient (Wildman–Crippen LogP) is 1.47. The number of carbonyl (C=O) groups is 1. The first-order valence-electron chi connectivity index (χ1n) is 8.94. The summed E-state index contributed by atoms with van der Waals surface area (Å²) >= 11 is 0. The van der Waals surface area contributed by atoms with Gasteiger partial charge >= 0.3 is 0 Å². The number of aromatic nitrogens is 2. The molecule has 2 fully saturated rings. The van der Waals surface area contributed by atoms with E-state index in [9.17, 15) is 9.90 Å². The van der Waals surface area contributed by atoms with E-state index in [1.807, 2.05) is 6.92 Å². The third-order valence-electron chi connectivity index (χ3n) is 5.24. The van der Waals surface area contributed by atoms with E-state index in [1.165, 1.54) is 6.42 Å². The number of aliphatic hydroxyl groups is 1. The molecule has 1 saturated heterocycles. The van der Waals surface area contributed by atoms with E-state index < -0.39 is 0 Å². The van der Waals surface area contributed by atoms with Crippen molar-refractivity contribution in [1.29, 1.82) is 0 Å². The van der Waals surface area contributed by atoms with Crippen molar-refractivity contribution in [3.63, 3.8) is 0 Å². The number of nitrogens with zero attached hydrogens (tertiary/aromatic N) is 2. The predicted molar refractivity (Wildman–Crippen MR) is 88.3 cm³/mol. The Morgan fingerprint density at radius 3 is 2.74 bits per heavy atom. The lowest BCUT2D eigenvalue weighted by molar-refractivity contribution is 0.00726. The molecule has 1 aliphatic heterocycles. The summed E-state index contributed by atoms with van der Waals surface area (Å²) in [6.07, 6.45) is 8.54. The third kappa shape index (κ3) is 3.93. The van der Waals surface area contributed by atoms with Crippen LogP contribution in [0.2, 0.25) is 0 Å². The van der Waals surface area contributed by atoms with E-state index >= 15 is 0 Å². The zero-order chi connectivity index (χ0) is 16.2. The van der Waals surface area contributed by atoms with Crippen molar-refractivity contribution in [1.82, 2.24) is 20.2 Å². The van der Waals surface area contributed by atoms with E-state index in [0.717, 1.165) is 57.4 Å². The van der Waals surface area contributed by atoms with E-state index in [0.29, 0.717) is 11.7 Å². The molecule has 6 nitrogen and oxygen atoms in total. The molecule has 3 N–H and O–H groups in total. The average molecular weight is 320 g/mol. The summed E-state index contributed by atoms with van der Waals surface area (Å²) in [5.41, 5.74) is 0.548. The van der Waals surface area contributed by atoms with Crippen LogP contribution in [0.25, 0.3) is 0 Å². The summed E-state index contributed by atoms with van der Waals surface area (Å²) in [5, 5.41) is 13.3. The van der Waals surface area contributed by atoms with Crippen LogP contribution in [-0.4, -0.2) is 57.2 Å². The number of hydrogen-bond acceptors (Lipinski definition) is 4. The molecule has 0 radical (unpaired) electrons. The lowest BCUT2D eigenvalue weighted by Crippen LogP contribution is -2.52. The van der Waals surface area contributed by atoms with E-state index in [1.54, 1.807) is 6.20 Å². The minimum atomic E-state index is -0.174. The second-order valence-corrected chi connectivity index (χ2v) is 6.80. The highest BCUT2D eigenvalue weighted by Gasteiger charge is 2.31. The SMILES string of the molecule is CCc1ncc(C(=O)NC2CCN(C3CCCCC3O)CC2)[nH]1. The summed E-state index contributed by atoms with van der Waals surface area (Å²) in [6, 6.07) is 0.535. The molecule has 0 spiro atoms. The Balaban J connectivity index is 1.48. The van der Waals surface area contributed by atoms with Crippen molar-refractivity contribution in [3.8, 4) is 0 Å². The van der Waals surface area contributed by atoms with Crippen LogP contribution in [-0.2, 0) is 6.42 Å². The molecule has 3 rings (SSSR count). The topological polar surface area (TPSA) is 81.2 Å². The highest BCUT2D eigenvalue weighted by Crippen LogP contribution is 2.25. The van der Waals surface area contributed by atoms with E-state index in [4.69, 9.17) is 0 Å². The van der Waals surface area contributed by atoms with Crippen molar-refractivity contribution in [2.45, 2.75) is 70.1 Å². The number of likely N-dealkylation sites (tertiary alicyclic amines) is 1. The van der Waals surface area contributed by atoms with Gasteiger partial charge in [-0.1, -0.05) is 19.8 Å². The Hall–Kier alpha value is -1.40. The fourth-order valence-electron chi connectivity index (χ4n) is 3.81. The maximum atomic E-state index is 12.2. The summed E-state index contributed by atoms with van der Waals surface area (Å²) in [5.74, 6) is 0.782. The fourth-order valence-corrected chi connectivity index (χ4v) is 3.81. The van der Waals surface area contributed by atoms with E-state index in [-0.39, 0.29) is 18.1 Å². The molecule has 0 bridgehead atoms. The van der Waals surface area contributed by atoms with Gasteiger partial charge in [0.25, 0.3) is 5.91 Å². The summed E-state index contributed by atoms with van der Waals surface area (Å²) in [6.45, 7) is 3.92. The number of nitrogens with one attached hydrogen (secondary N) is 2. The van der Waals surface area contributed by atoms with Crippen LogP contribution in [0.4, 0.5) is 0 Å². The van der Waals surface area contributed by atoms with Gasteiger partial charge in [-0.05, 0) is 25.7 Å². The minimum absolute atomic E-state index is 0.0617. The lowest BCUT2D eigenvalue weighted by Gasteiger charge is -2.41. The molecule has 1 amide bonds. The molecule has 6 heteroatoms. The van der Waals surface area contributed by atoms with Crippen LogP contribution in [0.5, 0.6) is 0 Å². The third-order valence-corrected chi connectivity index (χ3v) is 5.24. The molecule has 1 aromatic heterocycles. The van der Waals surface area contributed by atoms with E-state index in [2.05, 4.69) is 20.2 Å². The first-order valence-corrected chi connectivity index (χ1v) is 8.94. The second-order valence-electron chi connectivity index (χ2n) is 6.80. The van der Waals surface area contributed by atoms with Gasteiger partial charge in [0.15, 0.2) is 0 Å².